The number of alkyl halides is 3. The van der Waals surface area contributed by atoms with Gasteiger partial charge in [-0.2, -0.15) is 13.2 Å². The summed E-state index contributed by atoms with van der Waals surface area (Å²) in [5, 5.41) is 3.34. The van der Waals surface area contributed by atoms with Crippen LogP contribution in [0.4, 0.5) is 18.9 Å². The highest BCUT2D eigenvalue weighted by Crippen LogP contribution is 2.22. The summed E-state index contributed by atoms with van der Waals surface area (Å²) in [5.41, 5.74) is 2.36. The van der Waals surface area contributed by atoms with E-state index >= 15 is 0 Å². The van der Waals surface area contributed by atoms with E-state index in [-0.39, 0.29) is 29.9 Å². The Morgan fingerprint density at radius 1 is 1.16 bits per heavy atom. The molecule has 0 spiro atoms. The van der Waals surface area contributed by atoms with E-state index in [0.717, 1.165) is 50.7 Å². The van der Waals surface area contributed by atoms with Crippen molar-refractivity contribution >= 4 is 35.6 Å². The first-order valence-corrected chi connectivity index (χ1v) is 11.2. The molecule has 0 bridgehead atoms. The number of nitrogens with zero attached hydrogens (tertiary/aromatic N) is 4. The molecular weight excluding hydrogens is 530 g/mol. The van der Waals surface area contributed by atoms with Crippen molar-refractivity contribution in [3.8, 4) is 0 Å². The SMILES string of the molecule is CCNC(=NCc1ccc(N2CC=CC2)cc1)N1CCC(CN(CC)CC(F)(F)F)C1.I. The molecule has 1 N–H and O–H groups in total. The van der Waals surface area contributed by atoms with E-state index in [2.05, 4.69) is 51.5 Å². The molecule has 5 nitrogen and oxygen atoms in total. The summed E-state index contributed by atoms with van der Waals surface area (Å²) in [6, 6.07) is 8.50. The zero-order valence-electron chi connectivity index (χ0n) is 18.9. The molecule has 1 fully saturated rings. The molecular formula is C23H35F3IN5. The van der Waals surface area contributed by atoms with Gasteiger partial charge in [0.1, 0.15) is 0 Å². The summed E-state index contributed by atoms with van der Waals surface area (Å²) in [6.45, 7) is 8.67. The van der Waals surface area contributed by atoms with Gasteiger partial charge < -0.3 is 15.1 Å². The molecule has 1 unspecified atom stereocenters. The molecule has 2 aliphatic rings. The fourth-order valence-corrected chi connectivity index (χ4v) is 4.19. The van der Waals surface area contributed by atoms with Gasteiger partial charge in [0.2, 0.25) is 0 Å². The lowest BCUT2D eigenvalue weighted by atomic mass is 10.1. The number of hydrogen-bond donors (Lipinski definition) is 1. The summed E-state index contributed by atoms with van der Waals surface area (Å²) < 4.78 is 38.3. The second kappa shape index (κ2) is 12.7. The molecule has 9 heteroatoms. The van der Waals surface area contributed by atoms with Crippen LogP contribution in [-0.2, 0) is 6.54 Å². The van der Waals surface area contributed by atoms with E-state index in [9.17, 15) is 13.2 Å². The van der Waals surface area contributed by atoms with E-state index in [0.29, 0.717) is 19.6 Å². The van der Waals surface area contributed by atoms with Crippen LogP contribution >= 0.6 is 24.0 Å². The van der Waals surface area contributed by atoms with E-state index in [1.165, 1.54) is 10.6 Å². The van der Waals surface area contributed by atoms with Crippen LogP contribution in [0.5, 0.6) is 0 Å². The van der Waals surface area contributed by atoms with Crippen LogP contribution in [0, 0.1) is 5.92 Å². The predicted molar refractivity (Wildman–Crippen MR) is 136 cm³/mol. The van der Waals surface area contributed by atoms with Gasteiger partial charge in [-0.1, -0.05) is 31.2 Å². The number of anilines is 1. The summed E-state index contributed by atoms with van der Waals surface area (Å²) in [7, 11) is 0. The molecule has 1 saturated heterocycles. The van der Waals surface area contributed by atoms with Gasteiger partial charge in [-0.3, -0.25) is 4.90 Å². The Morgan fingerprint density at radius 3 is 2.44 bits per heavy atom. The number of nitrogens with one attached hydrogen (secondary N) is 1. The molecule has 0 amide bonds. The summed E-state index contributed by atoms with van der Waals surface area (Å²) in [6.07, 6.45) is 1.09. The van der Waals surface area contributed by atoms with Gasteiger partial charge in [0.25, 0.3) is 0 Å². The maximum atomic E-state index is 12.8. The molecule has 180 valence electrons. The van der Waals surface area contributed by atoms with Gasteiger partial charge in [-0.05, 0) is 43.5 Å². The maximum Gasteiger partial charge on any atom is 0.401 e. The first kappa shape index (κ1) is 26.8. The second-order valence-corrected chi connectivity index (χ2v) is 8.26. The first-order chi connectivity index (χ1) is 14.9. The highest BCUT2D eigenvalue weighted by Gasteiger charge is 2.33. The molecule has 3 rings (SSSR count). The standard InChI is InChI=1S/C23H34F3N5.HI/c1-3-27-22(28-15-19-7-9-21(10-8-19)30-12-5-6-13-30)31-14-11-20(17-31)16-29(4-2)18-23(24,25)26;/h5-10,20H,3-4,11-18H2,1-2H3,(H,27,28);1H. The largest absolute Gasteiger partial charge is 0.401 e. The number of guanidine groups is 1. The third kappa shape index (κ3) is 8.13. The van der Waals surface area contributed by atoms with E-state index in [1.54, 1.807) is 6.92 Å². The van der Waals surface area contributed by atoms with Gasteiger partial charge in [0, 0.05) is 45.0 Å². The number of hydrogen-bond acceptors (Lipinski definition) is 3. The highest BCUT2D eigenvalue weighted by atomic mass is 127. The summed E-state index contributed by atoms with van der Waals surface area (Å²) >= 11 is 0. The van der Waals surface area contributed by atoms with E-state index in [4.69, 9.17) is 4.99 Å². The Bertz CT molecular complexity index is 743. The second-order valence-electron chi connectivity index (χ2n) is 8.26. The lowest BCUT2D eigenvalue weighted by molar-refractivity contribution is -0.146. The third-order valence-electron chi connectivity index (χ3n) is 5.82. The van der Waals surface area contributed by atoms with Crippen molar-refractivity contribution in [3.63, 3.8) is 0 Å². The summed E-state index contributed by atoms with van der Waals surface area (Å²) in [4.78, 5) is 10.8. The van der Waals surface area contributed by atoms with Crippen LogP contribution in [0.2, 0.25) is 0 Å². The molecule has 0 aliphatic carbocycles. The van der Waals surface area contributed by atoms with Crippen LogP contribution in [0.15, 0.2) is 41.4 Å². The topological polar surface area (TPSA) is 34.1 Å². The van der Waals surface area contributed by atoms with Crippen molar-refractivity contribution in [3.05, 3.63) is 42.0 Å². The number of likely N-dealkylation sites (tertiary alicyclic amines) is 1. The monoisotopic (exact) mass is 565 g/mol. The van der Waals surface area contributed by atoms with Crippen molar-refractivity contribution in [2.24, 2.45) is 10.9 Å². The third-order valence-corrected chi connectivity index (χ3v) is 5.82. The van der Waals surface area contributed by atoms with Gasteiger partial charge in [-0.25, -0.2) is 4.99 Å². The Balaban J connectivity index is 0.00000363. The zero-order chi connectivity index (χ0) is 22.3. The Morgan fingerprint density at radius 2 is 1.84 bits per heavy atom. The molecule has 0 saturated carbocycles. The van der Waals surface area contributed by atoms with Crippen LogP contribution in [0.25, 0.3) is 0 Å². The van der Waals surface area contributed by atoms with Gasteiger partial charge in [0.15, 0.2) is 5.96 Å². The minimum absolute atomic E-state index is 0. The van der Waals surface area contributed by atoms with Gasteiger partial charge >= 0.3 is 6.18 Å². The molecule has 32 heavy (non-hydrogen) atoms. The van der Waals surface area contributed by atoms with Crippen molar-refractivity contribution in [2.45, 2.75) is 33.0 Å². The first-order valence-electron chi connectivity index (χ1n) is 11.2. The maximum absolute atomic E-state index is 12.8. The molecule has 1 aromatic rings. The Labute approximate surface area is 206 Å². The van der Waals surface area contributed by atoms with Crippen molar-refractivity contribution in [1.82, 2.24) is 15.1 Å². The quantitative estimate of drug-likeness (QED) is 0.220. The molecule has 1 aromatic carbocycles. The normalized spacial score (nSPS) is 19.1. The number of aliphatic imine (C=N–C) groups is 1. The zero-order valence-corrected chi connectivity index (χ0v) is 21.3. The molecule has 2 aliphatic heterocycles. The minimum atomic E-state index is -4.15. The van der Waals surface area contributed by atoms with Gasteiger partial charge in [-0.15, -0.1) is 24.0 Å². The molecule has 0 aromatic heterocycles. The Kier molecular flexibility index (Phi) is 10.6. The average molecular weight is 565 g/mol. The lowest BCUT2D eigenvalue weighted by Crippen LogP contribution is -2.41. The van der Waals surface area contributed by atoms with Crippen molar-refractivity contribution in [2.75, 3.05) is 57.3 Å². The summed E-state index contributed by atoms with van der Waals surface area (Å²) in [5.74, 6) is 1.07. The average Bonchev–Trinajstić information content (AvgIpc) is 3.42. The minimum Gasteiger partial charge on any atom is -0.364 e. The molecule has 0 radical (unpaired) electrons. The van der Waals surface area contributed by atoms with Crippen molar-refractivity contribution in [1.29, 1.82) is 0 Å². The number of rotatable bonds is 8. The lowest BCUT2D eigenvalue weighted by Gasteiger charge is -2.26. The number of halogens is 4. The van der Waals surface area contributed by atoms with Gasteiger partial charge in [0.05, 0.1) is 13.1 Å². The van der Waals surface area contributed by atoms with Crippen LogP contribution in [-0.4, -0.2) is 74.3 Å². The molecule has 1 atom stereocenters. The predicted octanol–water partition coefficient (Wildman–Crippen LogP) is 4.35. The fourth-order valence-electron chi connectivity index (χ4n) is 4.19. The smallest absolute Gasteiger partial charge is 0.364 e. The fraction of sp³-hybridized carbons (Fsp3) is 0.609. The van der Waals surface area contributed by atoms with Crippen LogP contribution in [0.1, 0.15) is 25.8 Å². The number of benzene rings is 1. The van der Waals surface area contributed by atoms with Crippen LogP contribution < -0.4 is 10.2 Å². The highest BCUT2D eigenvalue weighted by molar-refractivity contribution is 14.0. The Hall–Kier alpha value is -1.49. The molecule has 2 heterocycles. The van der Waals surface area contributed by atoms with E-state index < -0.39 is 12.7 Å². The van der Waals surface area contributed by atoms with Crippen molar-refractivity contribution < 1.29 is 13.2 Å². The van der Waals surface area contributed by atoms with Crippen LogP contribution in [0.3, 0.4) is 0 Å². The van der Waals surface area contributed by atoms with E-state index in [1.807, 2.05) is 6.92 Å².